The molecule has 1 N–H and O–H groups in total. The van der Waals surface area contributed by atoms with E-state index in [4.69, 9.17) is 0 Å². The number of carbonyl (C=O) groups excluding carboxylic acids is 1. The minimum Gasteiger partial charge on any atom is -0.351 e. The Morgan fingerprint density at radius 3 is 2.55 bits per heavy atom. The van der Waals surface area contributed by atoms with Gasteiger partial charge in [-0.25, -0.2) is 13.1 Å². The minimum absolute atomic E-state index is 0.0667. The number of alkyl halides is 3. The highest BCUT2D eigenvalue weighted by Gasteiger charge is 2.37. The molecule has 33 heavy (non-hydrogen) atoms. The summed E-state index contributed by atoms with van der Waals surface area (Å²) in [7, 11) is -3.60. The van der Waals surface area contributed by atoms with E-state index in [0.29, 0.717) is 37.1 Å². The van der Waals surface area contributed by atoms with Crippen LogP contribution in [0.2, 0.25) is 0 Å². The van der Waals surface area contributed by atoms with E-state index in [1.165, 1.54) is 21.1 Å². The molecule has 1 aromatic carbocycles. The van der Waals surface area contributed by atoms with Crippen molar-refractivity contribution in [3.63, 3.8) is 0 Å². The van der Waals surface area contributed by atoms with Gasteiger partial charge in [0.1, 0.15) is 6.04 Å². The van der Waals surface area contributed by atoms with Crippen molar-refractivity contribution in [2.45, 2.75) is 65.2 Å². The molecular formula is C22H29F3N4O3S. The molecule has 0 spiro atoms. The number of hydrogen-bond acceptors (Lipinski definition) is 4. The third-order valence-electron chi connectivity index (χ3n) is 5.68. The van der Waals surface area contributed by atoms with Gasteiger partial charge in [-0.3, -0.25) is 4.79 Å². The van der Waals surface area contributed by atoms with Gasteiger partial charge in [0.25, 0.3) is 0 Å². The minimum atomic E-state index is -4.63. The van der Waals surface area contributed by atoms with Crippen molar-refractivity contribution in [1.82, 2.24) is 19.4 Å². The second kappa shape index (κ2) is 9.84. The summed E-state index contributed by atoms with van der Waals surface area (Å²) in [4.78, 5) is 12.8. The van der Waals surface area contributed by atoms with Crippen molar-refractivity contribution in [3.8, 4) is 5.69 Å². The van der Waals surface area contributed by atoms with Crippen LogP contribution in [-0.2, 0) is 27.5 Å². The molecule has 1 saturated heterocycles. The van der Waals surface area contributed by atoms with Crippen LogP contribution in [0.15, 0.2) is 24.3 Å². The molecule has 2 aromatic rings. The monoisotopic (exact) mass is 486 g/mol. The van der Waals surface area contributed by atoms with E-state index in [1.54, 1.807) is 26.8 Å². The third kappa shape index (κ3) is 5.75. The summed E-state index contributed by atoms with van der Waals surface area (Å²) >= 11 is 0. The lowest BCUT2D eigenvalue weighted by Gasteiger charge is -2.33. The van der Waals surface area contributed by atoms with Gasteiger partial charge in [0, 0.05) is 18.8 Å². The Bertz CT molecular complexity index is 1110. The van der Waals surface area contributed by atoms with Crippen molar-refractivity contribution in [3.05, 3.63) is 46.8 Å². The molecule has 0 saturated carbocycles. The van der Waals surface area contributed by atoms with Crippen LogP contribution < -0.4 is 5.32 Å². The molecule has 1 unspecified atom stereocenters. The zero-order valence-corrected chi connectivity index (χ0v) is 19.8. The summed E-state index contributed by atoms with van der Waals surface area (Å²) in [5.74, 6) is -0.645. The van der Waals surface area contributed by atoms with Gasteiger partial charge in [-0.2, -0.15) is 22.6 Å². The largest absolute Gasteiger partial charge is 0.416 e. The van der Waals surface area contributed by atoms with E-state index in [0.717, 1.165) is 6.07 Å². The normalized spacial score (nSPS) is 17.8. The van der Waals surface area contributed by atoms with Gasteiger partial charge in [-0.1, -0.05) is 19.4 Å². The maximum atomic E-state index is 13.8. The lowest BCUT2D eigenvalue weighted by Crippen LogP contribution is -2.52. The molecule has 1 amide bonds. The smallest absolute Gasteiger partial charge is 0.351 e. The summed E-state index contributed by atoms with van der Waals surface area (Å²) in [5.41, 5.74) is 0.693. The van der Waals surface area contributed by atoms with Crippen LogP contribution in [0.5, 0.6) is 0 Å². The Balaban J connectivity index is 1.82. The first kappa shape index (κ1) is 25.2. The molecule has 182 valence electrons. The molecule has 1 atom stereocenters. The first-order valence-corrected chi connectivity index (χ1v) is 12.6. The van der Waals surface area contributed by atoms with E-state index >= 15 is 0 Å². The van der Waals surface area contributed by atoms with Crippen LogP contribution in [0.4, 0.5) is 13.2 Å². The van der Waals surface area contributed by atoms with Gasteiger partial charge in [-0.05, 0) is 56.9 Å². The van der Waals surface area contributed by atoms with Crippen LogP contribution >= 0.6 is 0 Å². The molecule has 3 rings (SSSR count). The Morgan fingerprint density at radius 1 is 1.21 bits per heavy atom. The Morgan fingerprint density at radius 2 is 1.94 bits per heavy atom. The molecule has 2 heterocycles. The second-order valence-corrected chi connectivity index (χ2v) is 10.4. The van der Waals surface area contributed by atoms with Crippen LogP contribution in [-0.4, -0.2) is 46.8 Å². The number of benzene rings is 1. The van der Waals surface area contributed by atoms with Gasteiger partial charge in [0.05, 0.1) is 22.7 Å². The zero-order valence-electron chi connectivity index (χ0n) is 18.9. The molecule has 0 aliphatic carbocycles. The predicted octanol–water partition coefficient (Wildman–Crippen LogP) is 3.72. The first-order valence-electron chi connectivity index (χ1n) is 10.9. The first-order chi connectivity index (χ1) is 15.4. The van der Waals surface area contributed by atoms with Crippen LogP contribution in [0.25, 0.3) is 5.69 Å². The number of nitrogens with one attached hydrogen (secondary N) is 1. The van der Waals surface area contributed by atoms with Crippen LogP contribution in [0.3, 0.4) is 0 Å². The van der Waals surface area contributed by atoms with Crippen molar-refractivity contribution in [2.75, 3.05) is 12.3 Å². The van der Waals surface area contributed by atoms with E-state index in [-0.39, 0.29) is 30.1 Å². The van der Waals surface area contributed by atoms with Gasteiger partial charge in [-0.15, -0.1) is 0 Å². The van der Waals surface area contributed by atoms with Crippen molar-refractivity contribution >= 4 is 15.9 Å². The quantitative estimate of drug-likeness (QED) is 0.647. The summed E-state index contributed by atoms with van der Waals surface area (Å²) in [5, 5.41) is 6.76. The maximum Gasteiger partial charge on any atom is 0.416 e. The number of aromatic nitrogens is 2. The maximum absolute atomic E-state index is 13.8. The third-order valence-corrected chi connectivity index (χ3v) is 7.76. The number of carbonyl (C=O) groups is 1. The van der Waals surface area contributed by atoms with E-state index in [2.05, 4.69) is 10.4 Å². The molecule has 11 heteroatoms. The number of halogens is 3. The summed E-state index contributed by atoms with van der Waals surface area (Å²) < 4.78 is 69.1. The average Bonchev–Trinajstić information content (AvgIpc) is 3.09. The van der Waals surface area contributed by atoms with Gasteiger partial charge < -0.3 is 5.32 Å². The Labute approximate surface area is 192 Å². The standard InChI is InChI=1S/C22H29F3N4O3S/c1-4-11-33(31,32)28-10-6-5-7-20(28)21(30)26-14-17-8-9-18(13-19(17)22(23,24)25)29-16(3)12-15(2)27-29/h8-9,12-13,20H,4-7,10-11,14H2,1-3H3,(H,26,30). The molecule has 1 aliphatic heterocycles. The molecule has 1 aromatic heterocycles. The molecule has 0 bridgehead atoms. The van der Waals surface area contributed by atoms with Crippen molar-refractivity contribution < 1.29 is 26.4 Å². The molecule has 7 nitrogen and oxygen atoms in total. The number of amides is 1. The number of aryl methyl sites for hydroxylation is 2. The fourth-order valence-corrected chi connectivity index (χ4v) is 5.93. The lowest BCUT2D eigenvalue weighted by atomic mass is 10.0. The second-order valence-electron chi connectivity index (χ2n) is 8.33. The average molecular weight is 487 g/mol. The highest BCUT2D eigenvalue weighted by atomic mass is 32.2. The topological polar surface area (TPSA) is 84.3 Å². The molecule has 0 radical (unpaired) electrons. The highest BCUT2D eigenvalue weighted by molar-refractivity contribution is 7.89. The zero-order chi connectivity index (χ0) is 24.4. The SMILES string of the molecule is CCCS(=O)(=O)N1CCCCC1C(=O)NCc1ccc(-n2nc(C)cc2C)cc1C(F)(F)F. The Kier molecular flexibility index (Phi) is 7.52. The number of nitrogens with zero attached hydrogens (tertiary/aromatic N) is 3. The van der Waals surface area contributed by atoms with Crippen molar-refractivity contribution in [1.29, 1.82) is 0 Å². The fourth-order valence-electron chi connectivity index (χ4n) is 4.18. The van der Waals surface area contributed by atoms with Gasteiger partial charge in [0.15, 0.2) is 0 Å². The fraction of sp³-hybridized carbons (Fsp3) is 0.545. The number of rotatable bonds is 7. The number of hydrogen-bond donors (Lipinski definition) is 1. The highest BCUT2D eigenvalue weighted by Crippen LogP contribution is 2.34. The summed E-state index contributed by atoms with van der Waals surface area (Å²) in [6.07, 6.45) is -2.53. The van der Waals surface area contributed by atoms with Gasteiger partial charge >= 0.3 is 6.18 Å². The van der Waals surface area contributed by atoms with Gasteiger partial charge in [0.2, 0.25) is 15.9 Å². The van der Waals surface area contributed by atoms with E-state index < -0.39 is 33.7 Å². The Hall–Kier alpha value is -2.40. The molecule has 1 aliphatic rings. The summed E-state index contributed by atoms with van der Waals surface area (Å²) in [6.45, 7) is 5.14. The predicted molar refractivity (Wildman–Crippen MR) is 118 cm³/mol. The summed E-state index contributed by atoms with van der Waals surface area (Å²) in [6, 6.07) is 4.72. The number of piperidine rings is 1. The van der Waals surface area contributed by atoms with E-state index in [9.17, 15) is 26.4 Å². The lowest BCUT2D eigenvalue weighted by molar-refractivity contribution is -0.138. The molecule has 1 fully saturated rings. The van der Waals surface area contributed by atoms with Crippen LogP contribution in [0, 0.1) is 13.8 Å². The van der Waals surface area contributed by atoms with Crippen LogP contribution in [0.1, 0.15) is 55.1 Å². The number of sulfonamides is 1. The van der Waals surface area contributed by atoms with E-state index in [1.807, 2.05) is 0 Å². The van der Waals surface area contributed by atoms with Crippen molar-refractivity contribution in [2.24, 2.45) is 0 Å². The molecular weight excluding hydrogens is 457 g/mol.